The minimum absolute atomic E-state index is 0.726. The lowest BCUT2D eigenvalue weighted by molar-refractivity contribution is 0.264. The largest absolute Gasteiger partial charge is 0.496 e. The summed E-state index contributed by atoms with van der Waals surface area (Å²) in [4.78, 5) is 9.37. The van der Waals surface area contributed by atoms with E-state index in [1.165, 1.54) is 0 Å². The summed E-state index contributed by atoms with van der Waals surface area (Å²) in [5.74, 6) is 1.96. The van der Waals surface area contributed by atoms with Crippen molar-refractivity contribution >= 4 is 16.6 Å². The highest BCUT2D eigenvalue weighted by molar-refractivity contribution is 5.96. The number of rotatable bonds is 4. The molecule has 1 aliphatic heterocycles. The van der Waals surface area contributed by atoms with Crippen LogP contribution in [-0.2, 0) is 0 Å². The minimum atomic E-state index is 0.726. The Hall–Kier alpha value is -1.85. The maximum absolute atomic E-state index is 5.63. The Morgan fingerprint density at radius 1 is 1.14 bits per heavy atom. The van der Waals surface area contributed by atoms with Gasteiger partial charge in [0.05, 0.1) is 7.11 Å². The number of fused-ring (bicyclic) bond motifs is 1. The van der Waals surface area contributed by atoms with Gasteiger partial charge < -0.3 is 15.4 Å². The number of hydrogen-bond donors (Lipinski definition) is 1. The van der Waals surface area contributed by atoms with E-state index < -0.39 is 0 Å². The van der Waals surface area contributed by atoms with Crippen LogP contribution in [0, 0.1) is 0 Å². The zero-order valence-electron chi connectivity index (χ0n) is 12.5. The molecule has 1 fully saturated rings. The van der Waals surface area contributed by atoms with Crippen molar-refractivity contribution in [2.75, 3.05) is 51.3 Å². The fraction of sp³-hybridized carbons (Fsp3) is 0.438. The van der Waals surface area contributed by atoms with Crippen LogP contribution in [0.4, 0.5) is 5.82 Å². The number of nitrogens with two attached hydrogens (primary N) is 1. The molecule has 21 heavy (non-hydrogen) atoms. The average Bonchev–Trinajstić information content (AvgIpc) is 2.55. The third-order valence-corrected chi connectivity index (χ3v) is 4.08. The SMILES string of the molecule is COc1cccc2c(N3CCN(CCN)CC3)nccc12. The molecule has 3 rings (SSSR count). The first-order valence-corrected chi connectivity index (χ1v) is 7.42. The summed E-state index contributed by atoms with van der Waals surface area (Å²) in [7, 11) is 1.71. The van der Waals surface area contributed by atoms with Gasteiger partial charge in [0.1, 0.15) is 11.6 Å². The molecule has 1 aromatic heterocycles. The predicted molar refractivity (Wildman–Crippen MR) is 86.0 cm³/mol. The summed E-state index contributed by atoms with van der Waals surface area (Å²) in [6.45, 7) is 5.76. The molecule has 1 aromatic carbocycles. The van der Waals surface area contributed by atoms with Crippen molar-refractivity contribution in [3.8, 4) is 5.75 Å². The zero-order chi connectivity index (χ0) is 14.7. The smallest absolute Gasteiger partial charge is 0.136 e. The number of pyridine rings is 1. The summed E-state index contributed by atoms with van der Waals surface area (Å²) < 4.78 is 5.45. The molecule has 0 unspecified atom stereocenters. The number of anilines is 1. The Morgan fingerprint density at radius 3 is 2.67 bits per heavy atom. The molecule has 0 amide bonds. The number of benzene rings is 1. The first-order valence-electron chi connectivity index (χ1n) is 7.42. The van der Waals surface area contributed by atoms with E-state index in [2.05, 4.69) is 20.9 Å². The average molecular weight is 286 g/mol. The van der Waals surface area contributed by atoms with Gasteiger partial charge in [0, 0.05) is 56.2 Å². The lowest BCUT2D eigenvalue weighted by Gasteiger charge is -2.35. The topological polar surface area (TPSA) is 54.6 Å². The Kier molecular flexibility index (Phi) is 4.22. The van der Waals surface area contributed by atoms with E-state index in [1.54, 1.807) is 7.11 Å². The lowest BCUT2D eigenvalue weighted by atomic mass is 10.1. The maximum Gasteiger partial charge on any atom is 0.136 e. The normalized spacial score (nSPS) is 16.4. The number of piperazine rings is 1. The number of nitrogens with zero attached hydrogens (tertiary/aromatic N) is 3. The fourth-order valence-corrected chi connectivity index (χ4v) is 2.96. The number of ether oxygens (including phenoxy) is 1. The highest BCUT2D eigenvalue weighted by atomic mass is 16.5. The second kappa shape index (κ2) is 6.28. The van der Waals surface area contributed by atoms with Crippen LogP contribution in [0.3, 0.4) is 0 Å². The second-order valence-electron chi connectivity index (χ2n) is 5.31. The standard InChI is InChI=1S/C16H22N4O/c1-21-15-4-2-3-14-13(15)5-7-18-16(14)20-11-9-19(8-6-17)10-12-20/h2-5,7H,6,8-12,17H2,1H3. The Bertz CT molecular complexity index is 608. The van der Waals surface area contributed by atoms with Gasteiger partial charge in [-0.1, -0.05) is 12.1 Å². The molecule has 5 nitrogen and oxygen atoms in total. The van der Waals surface area contributed by atoms with Gasteiger partial charge in [0.15, 0.2) is 0 Å². The zero-order valence-corrected chi connectivity index (χ0v) is 12.5. The molecule has 0 spiro atoms. The lowest BCUT2D eigenvalue weighted by Crippen LogP contribution is -2.48. The van der Waals surface area contributed by atoms with Crippen molar-refractivity contribution in [3.05, 3.63) is 30.5 Å². The minimum Gasteiger partial charge on any atom is -0.496 e. The van der Waals surface area contributed by atoms with Crippen LogP contribution in [0.1, 0.15) is 0 Å². The summed E-state index contributed by atoms with van der Waals surface area (Å²) >= 11 is 0. The van der Waals surface area contributed by atoms with Gasteiger partial charge in [-0.3, -0.25) is 4.90 Å². The van der Waals surface area contributed by atoms with E-state index in [1.807, 2.05) is 24.4 Å². The van der Waals surface area contributed by atoms with Crippen LogP contribution in [0.15, 0.2) is 30.5 Å². The molecule has 0 atom stereocenters. The highest BCUT2D eigenvalue weighted by Gasteiger charge is 2.19. The Morgan fingerprint density at radius 2 is 1.95 bits per heavy atom. The Labute approximate surface area is 125 Å². The number of aromatic nitrogens is 1. The monoisotopic (exact) mass is 286 g/mol. The van der Waals surface area contributed by atoms with Crippen LogP contribution < -0.4 is 15.4 Å². The van der Waals surface area contributed by atoms with E-state index >= 15 is 0 Å². The van der Waals surface area contributed by atoms with Crippen LogP contribution in [-0.4, -0.2) is 56.3 Å². The summed E-state index contributed by atoms with van der Waals surface area (Å²) in [6, 6.07) is 8.15. The van der Waals surface area contributed by atoms with Crippen molar-refractivity contribution in [3.63, 3.8) is 0 Å². The van der Waals surface area contributed by atoms with Crippen LogP contribution in [0.5, 0.6) is 5.75 Å². The molecule has 2 heterocycles. The summed E-state index contributed by atoms with van der Waals surface area (Å²) in [5.41, 5.74) is 5.63. The van der Waals surface area contributed by atoms with Crippen LogP contribution in [0.25, 0.3) is 10.8 Å². The predicted octanol–water partition coefficient (Wildman–Crippen LogP) is 1.32. The molecule has 0 radical (unpaired) electrons. The number of hydrogen-bond acceptors (Lipinski definition) is 5. The molecular formula is C16H22N4O. The van der Waals surface area contributed by atoms with Crippen molar-refractivity contribution in [2.45, 2.75) is 0 Å². The van der Waals surface area contributed by atoms with Crippen molar-refractivity contribution in [2.24, 2.45) is 5.73 Å². The van der Waals surface area contributed by atoms with Gasteiger partial charge in [0.2, 0.25) is 0 Å². The van der Waals surface area contributed by atoms with Crippen molar-refractivity contribution < 1.29 is 4.74 Å². The first-order chi connectivity index (χ1) is 10.3. The third-order valence-electron chi connectivity index (χ3n) is 4.08. The number of methoxy groups -OCH3 is 1. The van der Waals surface area contributed by atoms with E-state index in [9.17, 15) is 0 Å². The first kappa shape index (κ1) is 14.1. The summed E-state index contributed by atoms with van der Waals surface area (Å²) in [6.07, 6.45) is 1.87. The van der Waals surface area contributed by atoms with Gasteiger partial charge in [-0.05, 0) is 12.1 Å². The quantitative estimate of drug-likeness (QED) is 0.919. The van der Waals surface area contributed by atoms with Gasteiger partial charge in [-0.15, -0.1) is 0 Å². The second-order valence-corrected chi connectivity index (χ2v) is 5.31. The molecule has 112 valence electrons. The van der Waals surface area contributed by atoms with E-state index in [0.717, 1.165) is 61.6 Å². The third kappa shape index (κ3) is 2.80. The van der Waals surface area contributed by atoms with Crippen molar-refractivity contribution in [1.82, 2.24) is 9.88 Å². The van der Waals surface area contributed by atoms with Gasteiger partial charge in [-0.2, -0.15) is 0 Å². The van der Waals surface area contributed by atoms with Gasteiger partial charge in [0.25, 0.3) is 0 Å². The van der Waals surface area contributed by atoms with E-state index in [0.29, 0.717) is 0 Å². The maximum atomic E-state index is 5.63. The molecule has 2 N–H and O–H groups in total. The molecular weight excluding hydrogens is 264 g/mol. The molecule has 1 saturated heterocycles. The van der Waals surface area contributed by atoms with Gasteiger partial charge >= 0.3 is 0 Å². The molecule has 0 saturated carbocycles. The molecule has 2 aromatic rings. The molecule has 0 bridgehead atoms. The van der Waals surface area contributed by atoms with Gasteiger partial charge in [-0.25, -0.2) is 4.98 Å². The van der Waals surface area contributed by atoms with Crippen molar-refractivity contribution in [1.29, 1.82) is 0 Å². The molecule has 1 aliphatic rings. The fourth-order valence-electron chi connectivity index (χ4n) is 2.96. The van der Waals surface area contributed by atoms with Crippen LogP contribution >= 0.6 is 0 Å². The van der Waals surface area contributed by atoms with E-state index in [-0.39, 0.29) is 0 Å². The molecule has 0 aliphatic carbocycles. The van der Waals surface area contributed by atoms with E-state index in [4.69, 9.17) is 10.5 Å². The molecule has 5 heteroatoms. The Balaban J connectivity index is 1.88. The summed E-state index contributed by atoms with van der Waals surface area (Å²) in [5, 5.41) is 2.28. The highest BCUT2D eigenvalue weighted by Crippen LogP contribution is 2.31. The van der Waals surface area contributed by atoms with Crippen LogP contribution in [0.2, 0.25) is 0 Å².